The van der Waals surface area contributed by atoms with Gasteiger partial charge in [0.25, 0.3) is 11.6 Å². The van der Waals surface area contributed by atoms with Gasteiger partial charge in [-0.3, -0.25) is 20.2 Å². The van der Waals surface area contributed by atoms with E-state index in [-0.39, 0.29) is 16.3 Å². The van der Waals surface area contributed by atoms with Crippen LogP contribution in [-0.4, -0.2) is 15.8 Å². The number of nitro groups is 1. The van der Waals surface area contributed by atoms with Crippen molar-refractivity contribution in [3.63, 3.8) is 0 Å². The lowest BCUT2D eigenvalue weighted by atomic mass is 10.2. The van der Waals surface area contributed by atoms with Crippen LogP contribution in [0, 0.1) is 10.1 Å². The van der Waals surface area contributed by atoms with Crippen LogP contribution in [0.1, 0.15) is 10.4 Å². The minimum absolute atomic E-state index is 0.0569. The monoisotopic (exact) mass is 367 g/mol. The van der Waals surface area contributed by atoms with Crippen LogP contribution < -0.4 is 5.32 Å². The van der Waals surface area contributed by atoms with Crippen molar-refractivity contribution < 1.29 is 9.72 Å². The zero-order valence-electron chi connectivity index (χ0n) is 11.2. The van der Waals surface area contributed by atoms with Gasteiger partial charge in [0.2, 0.25) is 0 Å². The van der Waals surface area contributed by atoms with Gasteiger partial charge in [-0.2, -0.15) is 0 Å². The van der Waals surface area contributed by atoms with Crippen molar-refractivity contribution >= 4 is 61.5 Å². The topological polar surface area (TPSA) is 85.1 Å². The summed E-state index contributed by atoms with van der Waals surface area (Å²) in [6, 6.07) is 8.90. The molecule has 0 unspecified atom stereocenters. The van der Waals surface area contributed by atoms with E-state index in [1.54, 1.807) is 12.1 Å². The molecule has 0 radical (unpaired) electrons. The summed E-state index contributed by atoms with van der Waals surface area (Å²) in [5.41, 5.74) is 0.611. The zero-order valence-corrected chi connectivity index (χ0v) is 13.6. The van der Waals surface area contributed by atoms with Crippen molar-refractivity contribution in [3.8, 4) is 0 Å². The predicted molar refractivity (Wildman–Crippen MR) is 90.7 cm³/mol. The summed E-state index contributed by atoms with van der Waals surface area (Å²) in [4.78, 5) is 26.7. The number of carbonyl (C=O) groups is 1. The van der Waals surface area contributed by atoms with Crippen molar-refractivity contribution in [2.24, 2.45) is 0 Å². The summed E-state index contributed by atoms with van der Waals surface area (Å²) in [6.45, 7) is 0. The first kappa shape index (κ1) is 15.7. The Morgan fingerprint density at radius 1 is 1.22 bits per heavy atom. The summed E-state index contributed by atoms with van der Waals surface area (Å²) < 4.78 is 0.725. The predicted octanol–water partition coefficient (Wildman–Crippen LogP) is 4.76. The molecule has 116 valence electrons. The second-order valence-corrected chi connectivity index (χ2v) is 6.38. The maximum Gasteiger partial charge on any atom is 0.271 e. The van der Waals surface area contributed by atoms with Crippen LogP contribution in [-0.2, 0) is 0 Å². The summed E-state index contributed by atoms with van der Waals surface area (Å²) in [6.07, 6.45) is 0. The molecule has 0 saturated heterocycles. The van der Waals surface area contributed by atoms with E-state index in [1.165, 1.54) is 35.6 Å². The number of carbonyl (C=O) groups excluding carboxylic acids is 1. The van der Waals surface area contributed by atoms with Crippen LogP contribution in [0.4, 0.5) is 10.8 Å². The Hall–Kier alpha value is -2.22. The highest BCUT2D eigenvalue weighted by atomic mass is 35.5. The summed E-state index contributed by atoms with van der Waals surface area (Å²) in [7, 11) is 0. The number of anilines is 1. The molecule has 0 fully saturated rings. The third-order valence-corrected chi connectivity index (χ3v) is 4.49. The lowest BCUT2D eigenvalue weighted by Crippen LogP contribution is -2.12. The fourth-order valence-corrected chi connectivity index (χ4v) is 3.14. The number of nitro benzene ring substituents is 1. The largest absolute Gasteiger partial charge is 0.298 e. The van der Waals surface area contributed by atoms with Gasteiger partial charge in [-0.25, -0.2) is 4.98 Å². The van der Waals surface area contributed by atoms with Crippen molar-refractivity contribution in [2.75, 3.05) is 5.32 Å². The number of rotatable bonds is 3. The molecule has 0 spiro atoms. The van der Waals surface area contributed by atoms with Gasteiger partial charge in [0.1, 0.15) is 0 Å². The highest BCUT2D eigenvalue weighted by Crippen LogP contribution is 2.29. The molecule has 1 amide bonds. The number of benzene rings is 2. The van der Waals surface area contributed by atoms with Crippen LogP contribution in [0.25, 0.3) is 10.2 Å². The van der Waals surface area contributed by atoms with Crippen LogP contribution in [0.5, 0.6) is 0 Å². The second kappa shape index (κ2) is 6.11. The number of aromatic nitrogens is 1. The molecule has 0 aliphatic rings. The Kier molecular flexibility index (Phi) is 4.16. The molecule has 1 N–H and O–H groups in total. The first-order chi connectivity index (χ1) is 10.9. The van der Waals surface area contributed by atoms with Crippen molar-refractivity contribution in [1.29, 1.82) is 0 Å². The molecular formula is C14H7Cl2N3O3S. The maximum atomic E-state index is 12.2. The van der Waals surface area contributed by atoms with E-state index in [4.69, 9.17) is 23.2 Å². The number of hydrogen-bond acceptors (Lipinski definition) is 5. The molecule has 0 bridgehead atoms. The molecule has 23 heavy (non-hydrogen) atoms. The van der Waals surface area contributed by atoms with Crippen LogP contribution in [0.15, 0.2) is 36.4 Å². The summed E-state index contributed by atoms with van der Waals surface area (Å²) in [5.74, 6) is -0.453. The van der Waals surface area contributed by atoms with Gasteiger partial charge in [0, 0.05) is 17.2 Å². The van der Waals surface area contributed by atoms with Gasteiger partial charge < -0.3 is 0 Å². The number of nitrogens with zero attached hydrogens (tertiary/aromatic N) is 2. The maximum absolute atomic E-state index is 12.2. The average Bonchev–Trinajstić information content (AvgIpc) is 2.90. The van der Waals surface area contributed by atoms with Gasteiger partial charge in [0.05, 0.1) is 25.7 Å². The van der Waals surface area contributed by atoms with Gasteiger partial charge in [-0.05, 0) is 24.3 Å². The molecule has 0 aliphatic carbocycles. The van der Waals surface area contributed by atoms with E-state index < -0.39 is 10.8 Å². The SMILES string of the molecule is O=C(Nc1nc2cc([N+](=O)[O-])ccc2s1)c1cc(Cl)ccc1Cl. The highest BCUT2D eigenvalue weighted by Gasteiger charge is 2.15. The fourth-order valence-electron chi connectivity index (χ4n) is 1.92. The molecule has 3 aromatic rings. The minimum Gasteiger partial charge on any atom is -0.298 e. The van der Waals surface area contributed by atoms with Crippen LogP contribution in [0.3, 0.4) is 0 Å². The van der Waals surface area contributed by atoms with E-state index in [1.807, 2.05) is 0 Å². The smallest absolute Gasteiger partial charge is 0.271 e. The number of nitrogens with one attached hydrogen (secondary N) is 1. The number of fused-ring (bicyclic) bond motifs is 1. The third kappa shape index (κ3) is 3.26. The van der Waals surface area contributed by atoms with E-state index in [0.29, 0.717) is 15.7 Å². The first-order valence-corrected chi connectivity index (χ1v) is 7.82. The fraction of sp³-hybridized carbons (Fsp3) is 0. The molecule has 2 aromatic carbocycles. The number of thiazole rings is 1. The lowest BCUT2D eigenvalue weighted by Gasteiger charge is -2.04. The Morgan fingerprint density at radius 2 is 2.00 bits per heavy atom. The van der Waals surface area contributed by atoms with E-state index in [2.05, 4.69) is 10.3 Å². The van der Waals surface area contributed by atoms with Crippen molar-refractivity contribution in [2.45, 2.75) is 0 Å². The number of amides is 1. The molecule has 0 aliphatic heterocycles. The standard InChI is InChI=1S/C14H7Cl2N3O3S/c15-7-1-3-10(16)9(5-7)13(20)18-14-17-11-6-8(19(21)22)2-4-12(11)23-14/h1-6H,(H,17,18,20). The molecule has 3 rings (SSSR count). The molecular weight excluding hydrogens is 361 g/mol. The normalized spacial score (nSPS) is 10.7. The lowest BCUT2D eigenvalue weighted by molar-refractivity contribution is -0.384. The highest BCUT2D eigenvalue weighted by molar-refractivity contribution is 7.22. The van der Waals surface area contributed by atoms with Crippen molar-refractivity contribution in [3.05, 3.63) is 62.1 Å². The Balaban J connectivity index is 1.90. The minimum atomic E-state index is -0.497. The third-order valence-electron chi connectivity index (χ3n) is 2.98. The average molecular weight is 368 g/mol. The van der Waals surface area contributed by atoms with E-state index in [9.17, 15) is 14.9 Å². The number of non-ortho nitro benzene ring substituents is 1. The van der Waals surface area contributed by atoms with Crippen LogP contribution in [0.2, 0.25) is 10.0 Å². The number of hydrogen-bond donors (Lipinski definition) is 1. The molecule has 6 nitrogen and oxygen atoms in total. The Labute approximate surface area is 143 Å². The van der Waals surface area contributed by atoms with Crippen LogP contribution >= 0.6 is 34.5 Å². The van der Waals surface area contributed by atoms with Crippen molar-refractivity contribution in [1.82, 2.24) is 4.98 Å². The van der Waals surface area contributed by atoms with Gasteiger partial charge in [0.15, 0.2) is 5.13 Å². The second-order valence-electron chi connectivity index (χ2n) is 4.51. The summed E-state index contributed by atoms with van der Waals surface area (Å²) in [5, 5.41) is 14.4. The number of halogens is 2. The quantitative estimate of drug-likeness (QED) is 0.533. The van der Waals surface area contributed by atoms with Gasteiger partial charge >= 0.3 is 0 Å². The van der Waals surface area contributed by atoms with Gasteiger partial charge in [-0.15, -0.1) is 0 Å². The Morgan fingerprint density at radius 3 is 2.74 bits per heavy atom. The molecule has 9 heteroatoms. The molecule has 0 saturated carbocycles. The summed E-state index contributed by atoms with van der Waals surface area (Å²) >= 11 is 13.0. The van der Waals surface area contributed by atoms with E-state index >= 15 is 0 Å². The molecule has 1 heterocycles. The van der Waals surface area contributed by atoms with Gasteiger partial charge in [-0.1, -0.05) is 34.5 Å². The molecule has 1 aromatic heterocycles. The first-order valence-electron chi connectivity index (χ1n) is 6.25. The zero-order chi connectivity index (χ0) is 16.6. The Bertz CT molecular complexity index is 942. The van der Waals surface area contributed by atoms with E-state index in [0.717, 1.165) is 4.70 Å². The molecule has 0 atom stereocenters.